The first kappa shape index (κ1) is 14.0. The van der Waals surface area contributed by atoms with Crippen molar-refractivity contribution in [2.24, 2.45) is 5.92 Å². The molecule has 1 saturated heterocycles. The summed E-state index contributed by atoms with van der Waals surface area (Å²) in [6, 6.07) is 0.144. The summed E-state index contributed by atoms with van der Waals surface area (Å²) in [6.45, 7) is 7.79. The number of carbonyl (C=O) groups excluding carboxylic acids is 2. The Bertz CT molecular complexity index is 281. The standard InChI is InChI=1S/C12H22N2O3/c1-4-17-12(16)8-14-6-9(2)5-11(7-14)13-10(3)15/h9,11H,4-8H2,1-3H3,(H,13,15). The van der Waals surface area contributed by atoms with Crippen molar-refractivity contribution in [3.63, 3.8) is 0 Å². The highest BCUT2D eigenvalue weighted by Gasteiger charge is 2.26. The van der Waals surface area contributed by atoms with Gasteiger partial charge in [-0.05, 0) is 19.3 Å². The van der Waals surface area contributed by atoms with Crippen LogP contribution >= 0.6 is 0 Å². The number of amides is 1. The van der Waals surface area contributed by atoms with Crippen LogP contribution in [0.2, 0.25) is 0 Å². The topological polar surface area (TPSA) is 58.6 Å². The van der Waals surface area contributed by atoms with Crippen LogP contribution in [0.25, 0.3) is 0 Å². The molecule has 98 valence electrons. The van der Waals surface area contributed by atoms with Gasteiger partial charge in [0.2, 0.25) is 5.91 Å². The highest BCUT2D eigenvalue weighted by atomic mass is 16.5. The molecule has 1 fully saturated rings. The summed E-state index contributed by atoms with van der Waals surface area (Å²) in [5.41, 5.74) is 0. The average Bonchev–Trinajstić information content (AvgIpc) is 2.14. The molecule has 0 spiro atoms. The summed E-state index contributed by atoms with van der Waals surface area (Å²) >= 11 is 0. The maximum atomic E-state index is 11.4. The van der Waals surface area contributed by atoms with Gasteiger partial charge in [0.15, 0.2) is 0 Å². The fourth-order valence-corrected chi connectivity index (χ4v) is 2.37. The molecule has 1 amide bonds. The van der Waals surface area contributed by atoms with Crippen LogP contribution in [-0.2, 0) is 14.3 Å². The van der Waals surface area contributed by atoms with Crippen molar-refractivity contribution in [3.05, 3.63) is 0 Å². The van der Waals surface area contributed by atoms with Crippen LogP contribution in [0.15, 0.2) is 0 Å². The molecule has 1 aliphatic rings. The number of nitrogens with one attached hydrogen (secondary N) is 1. The molecule has 17 heavy (non-hydrogen) atoms. The van der Waals surface area contributed by atoms with Crippen molar-refractivity contribution in [1.82, 2.24) is 10.2 Å². The Hall–Kier alpha value is -1.10. The Balaban J connectivity index is 2.44. The highest BCUT2D eigenvalue weighted by molar-refractivity contribution is 5.73. The number of hydrogen-bond donors (Lipinski definition) is 1. The summed E-state index contributed by atoms with van der Waals surface area (Å²) in [4.78, 5) is 24.5. The molecule has 5 heteroatoms. The number of carbonyl (C=O) groups is 2. The minimum absolute atomic E-state index is 0.0137. The van der Waals surface area contributed by atoms with Gasteiger partial charge in [-0.25, -0.2) is 0 Å². The van der Waals surface area contributed by atoms with Crippen LogP contribution in [0.1, 0.15) is 27.2 Å². The van der Waals surface area contributed by atoms with E-state index in [0.717, 1.165) is 19.5 Å². The van der Waals surface area contributed by atoms with E-state index in [0.29, 0.717) is 19.1 Å². The van der Waals surface area contributed by atoms with Crippen molar-refractivity contribution >= 4 is 11.9 Å². The zero-order chi connectivity index (χ0) is 12.8. The smallest absolute Gasteiger partial charge is 0.320 e. The molecule has 2 atom stereocenters. The van der Waals surface area contributed by atoms with E-state index in [9.17, 15) is 9.59 Å². The molecule has 0 aromatic rings. The largest absolute Gasteiger partial charge is 0.465 e. The molecule has 0 radical (unpaired) electrons. The third kappa shape index (κ3) is 5.17. The molecule has 1 heterocycles. The van der Waals surface area contributed by atoms with Crippen molar-refractivity contribution in [2.45, 2.75) is 33.2 Å². The monoisotopic (exact) mass is 242 g/mol. The molecule has 2 unspecified atom stereocenters. The zero-order valence-corrected chi connectivity index (χ0v) is 10.9. The second-order valence-electron chi connectivity index (χ2n) is 4.74. The summed E-state index contributed by atoms with van der Waals surface area (Å²) < 4.78 is 4.93. The van der Waals surface area contributed by atoms with Crippen LogP contribution in [0.5, 0.6) is 0 Å². The number of piperidine rings is 1. The lowest BCUT2D eigenvalue weighted by Crippen LogP contribution is -2.51. The number of rotatable bonds is 4. The van der Waals surface area contributed by atoms with Gasteiger partial charge >= 0.3 is 5.97 Å². The van der Waals surface area contributed by atoms with Gasteiger partial charge < -0.3 is 10.1 Å². The van der Waals surface area contributed by atoms with Gasteiger partial charge in [0.05, 0.1) is 13.2 Å². The molecule has 1 N–H and O–H groups in total. The molecule has 5 nitrogen and oxygen atoms in total. The lowest BCUT2D eigenvalue weighted by atomic mass is 9.96. The van der Waals surface area contributed by atoms with Gasteiger partial charge in [-0.2, -0.15) is 0 Å². The minimum Gasteiger partial charge on any atom is -0.465 e. The van der Waals surface area contributed by atoms with Crippen molar-refractivity contribution in [2.75, 3.05) is 26.2 Å². The molecule has 1 rings (SSSR count). The van der Waals surface area contributed by atoms with Gasteiger partial charge in [-0.1, -0.05) is 6.92 Å². The molecular formula is C12H22N2O3. The average molecular weight is 242 g/mol. The van der Waals surface area contributed by atoms with E-state index < -0.39 is 0 Å². The quantitative estimate of drug-likeness (QED) is 0.725. The van der Waals surface area contributed by atoms with Crippen LogP contribution in [0.3, 0.4) is 0 Å². The first-order chi connectivity index (χ1) is 8.01. The van der Waals surface area contributed by atoms with Crippen LogP contribution in [0, 0.1) is 5.92 Å². The van der Waals surface area contributed by atoms with Crippen molar-refractivity contribution in [1.29, 1.82) is 0 Å². The lowest BCUT2D eigenvalue weighted by molar-refractivity contribution is -0.144. The highest BCUT2D eigenvalue weighted by Crippen LogP contribution is 2.16. The summed E-state index contributed by atoms with van der Waals surface area (Å²) in [6.07, 6.45) is 0.971. The molecule has 0 saturated carbocycles. The van der Waals surface area contributed by atoms with Crippen molar-refractivity contribution < 1.29 is 14.3 Å². The second kappa shape index (κ2) is 6.59. The van der Waals surface area contributed by atoms with Gasteiger partial charge in [0.1, 0.15) is 0 Å². The first-order valence-electron chi connectivity index (χ1n) is 6.16. The Morgan fingerprint density at radius 1 is 1.41 bits per heavy atom. The minimum atomic E-state index is -0.192. The molecule has 0 bridgehead atoms. The number of hydrogen-bond acceptors (Lipinski definition) is 4. The van der Waals surface area contributed by atoms with Crippen molar-refractivity contribution in [3.8, 4) is 0 Å². The molecular weight excluding hydrogens is 220 g/mol. The Morgan fingerprint density at radius 2 is 2.12 bits per heavy atom. The van der Waals surface area contributed by atoms with Gasteiger partial charge in [0.25, 0.3) is 0 Å². The molecule has 0 aromatic heterocycles. The second-order valence-corrected chi connectivity index (χ2v) is 4.74. The summed E-state index contributed by atoms with van der Waals surface area (Å²) in [5.74, 6) is 0.276. The van der Waals surface area contributed by atoms with Gasteiger partial charge in [-0.3, -0.25) is 14.5 Å². The van der Waals surface area contributed by atoms with E-state index in [2.05, 4.69) is 12.2 Å². The van der Waals surface area contributed by atoms with Crippen LogP contribution in [-0.4, -0.2) is 49.1 Å². The molecule has 0 aliphatic carbocycles. The third-order valence-corrected chi connectivity index (χ3v) is 2.80. The van der Waals surface area contributed by atoms with Gasteiger partial charge in [-0.15, -0.1) is 0 Å². The predicted molar refractivity (Wildman–Crippen MR) is 64.5 cm³/mol. The van der Waals surface area contributed by atoms with E-state index in [-0.39, 0.29) is 17.9 Å². The van der Waals surface area contributed by atoms with E-state index in [1.165, 1.54) is 6.92 Å². The maximum Gasteiger partial charge on any atom is 0.320 e. The molecule has 1 aliphatic heterocycles. The normalized spacial score (nSPS) is 25.4. The Labute approximate surface area is 102 Å². The first-order valence-corrected chi connectivity index (χ1v) is 6.16. The predicted octanol–water partition coefficient (Wildman–Crippen LogP) is 0.396. The van der Waals surface area contributed by atoms with Crippen LogP contribution in [0.4, 0.5) is 0 Å². The fraction of sp³-hybridized carbons (Fsp3) is 0.833. The van der Waals surface area contributed by atoms with Crippen LogP contribution < -0.4 is 5.32 Å². The number of likely N-dealkylation sites (tertiary alicyclic amines) is 1. The number of ether oxygens (including phenoxy) is 1. The number of esters is 1. The Morgan fingerprint density at radius 3 is 2.71 bits per heavy atom. The Kier molecular flexibility index (Phi) is 5.41. The fourth-order valence-electron chi connectivity index (χ4n) is 2.37. The SMILES string of the molecule is CCOC(=O)CN1CC(C)CC(NC(C)=O)C1. The van der Waals surface area contributed by atoms with E-state index in [1.54, 1.807) is 6.92 Å². The summed E-state index contributed by atoms with van der Waals surface area (Å²) in [5, 5.41) is 2.91. The number of nitrogens with zero attached hydrogens (tertiary/aromatic N) is 1. The maximum absolute atomic E-state index is 11.4. The van der Waals surface area contributed by atoms with E-state index in [1.807, 2.05) is 4.90 Å². The van der Waals surface area contributed by atoms with E-state index in [4.69, 9.17) is 4.74 Å². The summed E-state index contributed by atoms with van der Waals surface area (Å²) in [7, 11) is 0. The lowest BCUT2D eigenvalue weighted by Gasteiger charge is -2.35. The molecule has 0 aromatic carbocycles. The van der Waals surface area contributed by atoms with Gasteiger partial charge in [0, 0.05) is 26.1 Å². The zero-order valence-electron chi connectivity index (χ0n) is 10.9. The van der Waals surface area contributed by atoms with E-state index >= 15 is 0 Å². The third-order valence-electron chi connectivity index (χ3n) is 2.80.